The summed E-state index contributed by atoms with van der Waals surface area (Å²) >= 11 is 7.81. The van der Waals surface area contributed by atoms with Gasteiger partial charge in [0.05, 0.1) is 28.5 Å². The molecule has 0 radical (unpaired) electrons. The number of aromatic nitrogens is 1. The van der Waals surface area contributed by atoms with Crippen LogP contribution in [0.25, 0.3) is 6.08 Å². The maximum Gasteiger partial charge on any atom is 0.338 e. The molecule has 0 saturated carbocycles. The predicted molar refractivity (Wildman–Crippen MR) is 139 cm³/mol. The van der Waals surface area contributed by atoms with Crippen molar-refractivity contribution in [1.82, 2.24) is 4.57 Å². The van der Waals surface area contributed by atoms with Crippen LogP contribution in [0.5, 0.6) is 5.75 Å². The molecule has 0 amide bonds. The number of nitrogens with zero attached hydrogens (tertiary/aromatic N) is 2. The fraction of sp³-hybridized carbons (Fsp3) is 0.296. The first kappa shape index (κ1) is 24.9. The second-order valence-corrected chi connectivity index (χ2v) is 9.65. The third-order valence-corrected chi connectivity index (χ3v) is 7.13. The lowest BCUT2D eigenvalue weighted by molar-refractivity contribution is -0.139. The zero-order valence-corrected chi connectivity index (χ0v) is 21.7. The van der Waals surface area contributed by atoms with E-state index in [-0.39, 0.29) is 18.3 Å². The smallest absolute Gasteiger partial charge is 0.338 e. The first-order valence-electron chi connectivity index (χ1n) is 11.5. The molecular weight excluding hydrogens is 484 g/mol. The Hall–Kier alpha value is -3.16. The SMILES string of the molecule is CCOC(=O)C1=C(C)N=c2s/c(=C/c3ccc(O[C@@H](C)CC)cc3)c(=O)n2[C@@H]1c1ccccc1Cl. The number of benzene rings is 2. The van der Waals surface area contributed by atoms with Gasteiger partial charge in [0.1, 0.15) is 11.8 Å². The highest BCUT2D eigenvalue weighted by atomic mass is 35.5. The molecule has 2 heterocycles. The molecule has 35 heavy (non-hydrogen) atoms. The second kappa shape index (κ2) is 10.6. The minimum absolute atomic E-state index is 0.131. The molecule has 0 fully saturated rings. The molecule has 4 rings (SSSR count). The predicted octanol–water partition coefficient (Wildman–Crippen LogP) is 4.63. The number of esters is 1. The molecule has 1 aromatic heterocycles. The molecule has 0 aliphatic carbocycles. The molecule has 182 valence electrons. The minimum Gasteiger partial charge on any atom is -0.491 e. The van der Waals surface area contributed by atoms with E-state index in [4.69, 9.17) is 21.1 Å². The fourth-order valence-corrected chi connectivity index (χ4v) is 5.18. The Kier molecular flexibility index (Phi) is 7.57. The molecule has 6 nitrogen and oxygen atoms in total. The van der Waals surface area contributed by atoms with Gasteiger partial charge >= 0.3 is 5.97 Å². The number of rotatable bonds is 7. The van der Waals surface area contributed by atoms with Crippen LogP contribution in [-0.4, -0.2) is 23.2 Å². The summed E-state index contributed by atoms with van der Waals surface area (Å²) in [6, 6.07) is 14.1. The van der Waals surface area contributed by atoms with E-state index in [1.54, 1.807) is 19.9 Å². The number of halogens is 1. The van der Waals surface area contributed by atoms with Crippen LogP contribution < -0.4 is 19.6 Å². The van der Waals surface area contributed by atoms with Crippen molar-refractivity contribution in [3.63, 3.8) is 0 Å². The van der Waals surface area contributed by atoms with Gasteiger partial charge in [-0.3, -0.25) is 9.36 Å². The Bertz CT molecular complexity index is 1450. The van der Waals surface area contributed by atoms with Gasteiger partial charge in [0.25, 0.3) is 5.56 Å². The van der Waals surface area contributed by atoms with E-state index in [1.807, 2.05) is 55.5 Å². The van der Waals surface area contributed by atoms with Crippen LogP contribution in [0.3, 0.4) is 0 Å². The van der Waals surface area contributed by atoms with Crippen molar-refractivity contribution in [2.45, 2.75) is 46.3 Å². The second-order valence-electron chi connectivity index (χ2n) is 8.23. The quantitative estimate of drug-likeness (QED) is 0.434. The highest BCUT2D eigenvalue weighted by molar-refractivity contribution is 7.07. The Morgan fingerprint density at radius 2 is 1.91 bits per heavy atom. The molecule has 1 aliphatic heterocycles. The van der Waals surface area contributed by atoms with E-state index in [2.05, 4.69) is 11.9 Å². The summed E-state index contributed by atoms with van der Waals surface area (Å²) in [5, 5.41) is 0.459. The average Bonchev–Trinajstić information content (AvgIpc) is 3.14. The van der Waals surface area contributed by atoms with Gasteiger partial charge < -0.3 is 9.47 Å². The summed E-state index contributed by atoms with van der Waals surface area (Å²) in [5.41, 5.74) is 2.08. The van der Waals surface area contributed by atoms with E-state index >= 15 is 0 Å². The topological polar surface area (TPSA) is 69.9 Å². The number of fused-ring (bicyclic) bond motifs is 1. The molecule has 2 aromatic carbocycles. The molecule has 1 aliphatic rings. The van der Waals surface area contributed by atoms with Crippen LogP contribution >= 0.6 is 22.9 Å². The van der Waals surface area contributed by atoms with Crippen LogP contribution in [0.2, 0.25) is 5.02 Å². The summed E-state index contributed by atoms with van der Waals surface area (Å²) in [7, 11) is 0. The molecular formula is C27H27ClN2O4S. The zero-order valence-electron chi connectivity index (χ0n) is 20.1. The van der Waals surface area contributed by atoms with E-state index < -0.39 is 12.0 Å². The van der Waals surface area contributed by atoms with E-state index in [1.165, 1.54) is 15.9 Å². The number of ether oxygens (including phenoxy) is 2. The highest BCUT2D eigenvalue weighted by Gasteiger charge is 2.34. The molecule has 0 unspecified atom stereocenters. The van der Waals surface area contributed by atoms with E-state index in [9.17, 15) is 9.59 Å². The van der Waals surface area contributed by atoms with Crippen molar-refractivity contribution < 1.29 is 14.3 Å². The Morgan fingerprint density at radius 3 is 2.57 bits per heavy atom. The van der Waals surface area contributed by atoms with Crippen LogP contribution in [0, 0.1) is 0 Å². The standard InChI is InChI=1S/C27H27ClN2O4S/c1-5-16(3)34-19-13-11-18(12-14-19)15-22-25(31)30-24(20-9-7-8-10-21(20)28)23(26(32)33-6-2)17(4)29-27(30)35-22/h7-16,24H,5-6H2,1-4H3/b22-15+/t16-,24+/m0/s1. The summed E-state index contributed by atoms with van der Waals surface area (Å²) in [4.78, 5) is 31.7. The number of thiazole rings is 1. The Balaban J connectivity index is 1.84. The van der Waals surface area contributed by atoms with Crippen molar-refractivity contribution in [3.05, 3.63) is 95.6 Å². The van der Waals surface area contributed by atoms with Gasteiger partial charge in [-0.2, -0.15) is 0 Å². The van der Waals surface area contributed by atoms with Crippen molar-refractivity contribution in [2.75, 3.05) is 6.61 Å². The minimum atomic E-state index is -0.729. The first-order chi connectivity index (χ1) is 16.8. The number of carbonyl (C=O) groups is 1. The van der Waals surface area contributed by atoms with E-state index in [0.29, 0.717) is 31.2 Å². The Labute approximate surface area is 212 Å². The van der Waals surface area contributed by atoms with Gasteiger partial charge in [-0.25, -0.2) is 9.79 Å². The molecule has 8 heteroatoms. The van der Waals surface area contributed by atoms with Crippen LogP contribution in [-0.2, 0) is 9.53 Å². The summed E-state index contributed by atoms with van der Waals surface area (Å²) in [6.45, 7) is 7.81. The molecule has 2 atom stereocenters. The normalized spacial score (nSPS) is 16.5. The maximum atomic E-state index is 13.6. The lowest BCUT2D eigenvalue weighted by atomic mass is 9.96. The zero-order chi connectivity index (χ0) is 25.1. The molecule has 0 spiro atoms. The van der Waals surface area contributed by atoms with E-state index in [0.717, 1.165) is 17.7 Å². The molecule has 0 N–H and O–H groups in total. The van der Waals surface area contributed by atoms with Crippen LogP contribution in [0.15, 0.2) is 69.6 Å². The summed E-state index contributed by atoms with van der Waals surface area (Å²) in [6.07, 6.45) is 2.87. The van der Waals surface area contributed by atoms with Gasteiger partial charge in [-0.1, -0.05) is 60.2 Å². The van der Waals surface area contributed by atoms with Crippen LogP contribution in [0.4, 0.5) is 0 Å². The van der Waals surface area contributed by atoms with Gasteiger partial charge in [-0.15, -0.1) is 0 Å². The average molecular weight is 511 g/mol. The van der Waals surface area contributed by atoms with Crippen molar-refractivity contribution in [3.8, 4) is 5.75 Å². The summed E-state index contributed by atoms with van der Waals surface area (Å²) < 4.78 is 13.2. The Morgan fingerprint density at radius 1 is 1.20 bits per heavy atom. The van der Waals surface area contributed by atoms with Crippen molar-refractivity contribution in [1.29, 1.82) is 0 Å². The lowest BCUT2D eigenvalue weighted by Crippen LogP contribution is -2.40. The highest BCUT2D eigenvalue weighted by Crippen LogP contribution is 2.34. The van der Waals surface area contributed by atoms with Gasteiger partial charge in [-0.05, 0) is 62.6 Å². The fourth-order valence-electron chi connectivity index (χ4n) is 3.89. The lowest BCUT2D eigenvalue weighted by Gasteiger charge is -2.25. The van der Waals surface area contributed by atoms with Crippen LogP contribution in [0.1, 0.15) is 51.3 Å². The number of allylic oxidation sites excluding steroid dienone is 1. The third kappa shape index (κ3) is 5.11. The van der Waals surface area contributed by atoms with Crippen molar-refractivity contribution in [2.24, 2.45) is 4.99 Å². The maximum absolute atomic E-state index is 13.6. The van der Waals surface area contributed by atoms with Crippen molar-refractivity contribution >= 4 is 35.0 Å². The monoisotopic (exact) mass is 510 g/mol. The number of hydrogen-bond acceptors (Lipinski definition) is 6. The largest absolute Gasteiger partial charge is 0.491 e. The van der Waals surface area contributed by atoms with Gasteiger partial charge in [0, 0.05) is 5.02 Å². The summed E-state index contributed by atoms with van der Waals surface area (Å²) in [5.74, 6) is 0.274. The number of hydrogen-bond donors (Lipinski definition) is 0. The van der Waals surface area contributed by atoms with Gasteiger partial charge in [0.15, 0.2) is 4.80 Å². The molecule has 0 saturated heterocycles. The van der Waals surface area contributed by atoms with Gasteiger partial charge in [0.2, 0.25) is 0 Å². The first-order valence-corrected chi connectivity index (χ1v) is 12.7. The third-order valence-electron chi connectivity index (χ3n) is 5.81. The molecule has 0 bridgehead atoms. The molecule has 3 aromatic rings. The number of carbonyl (C=O) groups excluding carboxylic acids is 1.